The number of benzene rings is 2. The van der Waals surface area contributed by atoms with Gasteiger partial charge >= 0.3 is 0 Å². The summed E-state index contributed by atoms with van der Waals surface area (Å²) < 4.78 is 2.34. The molecule has 0 radical (unpaired) electrons. The second-order valence-corrected chi connectivity index (χ2v) is 6.73. The van der Waals surface area contributed by atoms with Gasteiger partial charge in [0.05, 0.1) is 0 Å². The predicted molar refractivity (Wildman–Crippen MR) is 99.1 cm³/mol. The van der Waals surface area contributed by atoms with Gasteiger partial charge in [-0.2, -0.15) is 0 Å². The van der Waals surface area contributed by atoms with E-state index < -0.39 is 0 Å². The average Bonchev–Trinajstić information content (AvgIpc) is 2.92. The molecule has 1 aromatic heterocycles. The fourth-order valence-electron chi connectivity index (χ4n) is 3.03. The minimum absolute atomic E-state index is 0.934. The highest BCUT2D eigenvalue weighted by Crippen LogP contribution is 2.20. The maximum atomic E-state index is 2.34. The molecule has 0 aliphatic rings. The van der Waals surface area contributed by atoms with Gasteiger partial charge in [-0.3, -0.25) is 0 Å². The smallest absolute Gasteiger partial charge is 0.0483 e. The molecule has 0 atom stereocenters. The third kappa shape index (κ3) is 4.02. The molecule has 0 saturated carbocycles. The molecular formula is C21H26N2. The molecule has 23 heavy (non-hydrogen) atoms. The van der Waals surface area contributed by atoms with Crippen LogP contribution in [0.4, 0.5) is 0 Å². The number of aryl methyl sites for hydroxylation is 2. The second-order valence-electron chi connectivity index (χ2n) is 6.73. The van der Waals surface area contributed by atoms with E-state index >= 15 is 0 Å². The molecule has 0 N–H and O–H groups in total. The van der Waals surface area contributed by atoms with Crippen molar-refractivity contribution >= 4 is 10.9 Å². The maximum Gasteiger partial charge on any atom is 0.0483 e. The Labute approximate surface area is 139 Å². The molecule has 0 bridgehead atoms. The summed E-state index contributed by atoms with van der Waals surface area (Å²) in [6.45, 7) is 4.21. The van der Waals surface area contributed by atoms with Crippen LogP contribution >= 0.6 is 0 Å². The quantitative estimate of drug-likeness (QED) is 0.651. The van der Waals surface area contributed by atoms with E-state index in [1.165, 1.54) is 34.0 Å². The van der Waals surface area contributed by atoms with Gasteiger partial charge in [0.15, 0.2) is 0 Å². The molecule has 0 fully saturated rings. The van der Waals surface area contributed by atoms with Crippen LogP contribution in [0.1, 0.15) is 23.1 Å². The molecule has 120 valence electrons. The van der Waals surface area contributed by atoms with Crippen molar-refractivity contribution in [2.45, 2.75) is 26.3 Å². The Morgan fingerprint density at radius 1 is 0.913 bits per heavy atom. The first-order valence-electron chi connectivity index (χ1n) is 8.40. The van der Waals surface area contributed by atoms with Crippen molar-refractivity contribution in [2.24, 2.45) is 0 Å². The SMILES string of the molecule is Cc1ccc(Cn2ccc3cc(CCCN(C)C)ccc32)cc1. The van der Waals surface area contributed by atoms with Crippen LogP contribution in [0, 0.1) is 6.92 Å². The van der Waals surface area contributed by atoms with Crippen LogP contribution < -0.4 is 0 Å². The zero-order chi connectivity index (χ0) is 16.2. The van der Waals surface area contributed by atoms with Gasteiger partial charge in [-0.25, -0.2) is 0 Å². The first-order valence-corrected chi connectivity index (χ1v) is 8.40. The Morgan fingerprint density at radius 2 is 1.65 bits per heavy atom. The van der Waals surface area contributed by atoms with Gasteiger partial charge in [-0.15, -0.1) is 0 Å². The standard InChI is InChI=1S/C21H26N2/c1-17-6-8-19(9-7-17)16-23-14-12-20-15-18(10-11-21(20)23)5-4-13-22(2)3/h6-12,14-15H,4-5,13,16H2,1-3H3. The Kier molecular flexibility index (Phi) is 4.82. The summed E-state index contributed by atoms with van der Waals surface area (Å²) in [5, 5.41) is 1.35. The van der Waals surface area contributed by atoms with Crippen molar-refractivity contribution in [3.63, 3.8) is 0 Å². The molecule has 0 unspecified atom stereocenters. The number of hydrogen-bond donors (Lipinski definition) is 0. The molecule has 0 amide bonds. The number of fused-ring (bicyclic) bond motifs is 1. The molecule has 3 aromatic rings. The third-order valence-electron chi connectivity index (χ3n) is 4.38. The lowest BCUT2D eigenvalue weighted by molar-refractivity contribution is 0.400. The number of aromatic nitrogens is 1. The van der Waals surface area contributed by atoms with Crippen molar-refractivity contribution < 1.29 is 0 Å². The first-order chi connectivity index (χ1) is 11.1. The average molecular weight is 306 g/mol. The Morgan fingerprint density at radius 3 is 2.39 bits per heavy atom. The van der Waals surface area contributed by atoms with E-state index in [-0.39, 0.29) is 0 Å². The Bertz CT molecular complexity index is 766. The highest BCUT2D eigenvalue weighted by molar-refractivity contribution is 5.81. The Hall–Kier alpha value is -2.06. The summed E-state index contributed by atoms with van der Waals surface area (Å²) in [6, 6.07) is 17.9. The first kappa shape index (κ1) is 15.8. The molecule has 0 aliphatic carbocycles. The number of hydrogen-bond acceptors (Lipinski definition) is 1. The molecule has 0 spiro atoms. The summed E-state index contributed by atoms with van der Waals surface area (Å²) >= 11 is 0. The van der Waals surface area contributed by atoms with E-state index in [2.05, 4.69) is 85.2 Å². The molecule has 2 nitrogen and oxygen atoms in total. The van der Waals surface area contributed by atoms with Crippen LogP contribution in [-0.4, -0.2) is 30.1 Å². The van der Waals surface area contributed by atoms with E-state index in [9.17, 15) is 0 Å². The topological polar surface area (TPSA) is 8.17 Å². The summed E-state index contributed by atoms with van der Waals surface area (Å²) in [4.78, 5) is 2.25. The van der Waals surface area contributed by atoms with Gasteiger partial charge in [0.1, 0.15) is 0 Å². The van der Waals surface area contributed by atoms with Crippen molar-refractivity contribution in [3.8, 4) is 0 Å². The summed E-state index contributed by atoms with van der Waals surface area (Å²) in [5.74, 6) is 0. The van der Waals surface area contributed by atoms with Crippen molar-refractivity contribution in [3.05, 3.63) is 71.4 Å². The van der Waals surface area contributed by atoms with Crippen molar-refractivity contribution in [2.75, 3.05) is 20.6 Å². The fraction of sp³-hybridized carbons (Fsp3) is 0.333. The van der Waals surface area contributed by atoms with Gasteiger partial charge in [0, 0.05) is 18.3 Å². The number of nitrogens with zero attached hydrogens (tertiary/aromatic N) is 2. The lowest BCUT2D eigenvalue weighted by Gasteiger charge is -2.09. The minimum atomic E-state index is 0.934. The van der Waals surface area contributed by atoms with Crippen LogP contribution in [-0.2, 0) is 13.0 Å². The highest BCUT2D eigenvalue weighted by Gasteiger charge is 2.04. The molecule has 2 aromatic carbocycles. The van der Waals surface area contributed by atoms with Gasteiger partial charge in [-0.1, -0.05) is 35.9 Å². The van der Waals surface area contributed by atoms with Gasteiger partial charge in [-0.05, 0) is 75.1 Å². The van der Waals surface area contributed by atoms with Crippen molar-refractivity contribution in [1.82, 2.24) is 9.47 Å². The summed E-state index contributed by atoms with van der Waals surface area (Å²) in [7, 11) is 4.27. The van der Waals surface area contributed by atoms with Crippen molar-refractivity contribution in [1.29, 1.82) is 0 Å². The molecular weight excluding hydrogens is 280 g/mol. The van der Waals surface area contributed by atoms with Crippen LogP contribution in [0.3, 0.4) is 0 Å². The molecule has 0 aliphatic heterocycles. The maximum absolute atomic E-state index is 2.34. The normalized spacial score (nSPS) is 11.5. The molecule has 3 rings (SSSR count). The van der Waals surface area contributed by atoms with E-state index in [4.69, 9.17) is 0 Å². The van der Waals surface area contributed by atoms with Crippen LogP contribution in [0.5, 0.6) is 0 Å². The molecule has 0 saturated heterocycles. The van der Waals surface area contributed by atoms with Crippen LogP contribution in [0.15, 0.2) is 54.7 Å². The van der Waals surface area contributed by atoms with E-state index in [0.29, 0.717) is 0 Å². The predicted octanol–water partition coefficient (Wildman–Crippen LogP) is 4.49. The van der Waals surface area contributed by atoms with Gasteiger partial charge in [0.2, 0.25) is 0 Å². The molecule has 2 heteroatoms. The lowest BCUT2D eigenvalue weighted by atomic mass is 10.1. The summed E-state index contributed by atoms with van der Waals surface area (Å²) in [5.41, 5.74) is 5.42. The molecule has 1 heterocycles. The van der Waals surface area contributed by atoms with E-state index in [1.807, 2.05) is 0 Å². The van der Waals surface area contributed by atoms with Gasteiger partial charge in [0.25, 0.3) is 0 Å². The Balaban J connectivity index is 1.74. The monoisotopic (exact) mass is 306 g/mol. The largest absolute Gasteiger partial charge is 0.343 e. The third-order valence-corrected chi connectivity index (χ3v) is 4.38. The zero-order valence-corrected chi connectivity index (χ0v) is 14.4. The minimum Gasteiger partial charge on any atom is -0.343 e. The number of rotatable bonds is 6. The second kappa shape index (κ2) is 7.01. The highest BCUT2D eigenvalue weighted by atomic mass is 15.0. The van der Waals surface area contributed by atoms with E-state index in [0.717, 1.165) is 19.5 Å². The fourth-order valence-corrected chi connectivity index (χ4v) is 3.03. The summed E-state index contributed by atoms with van der Waals surface area (Å²) in [6.07, 6.45) is 4.56. The van der Waals surface area contributed by atoms with Gasteiger partial charge < -0.3 is 9.47 Å². The van der Waals surface area contributed by atoms with Crippen LogP contribution in [0.25, 0.3) is 10.9 Å². The zero-order valence-electron chi connectivity index (χ0n) is 14.4. The van der Waals surface area contributed by atoms with Crippen LogP contribution in [0.2, 0.25) is 0 Å². The van der Waals surface area contributed by atoms with E-state index in [1.54, 1.807) is 0 Å². The lowest BCUT2D eigenvalue weighted by Crippen LogP contribution is -2.13.